The third kappa shape index (κ3) is 2.00. The maximum atomic E-state index is 13.2. The van der Waals surface area contributed by atoms with Gasteiger partial charge in [0.1, 0.15) is 11.5 Å². The summed E-state index contributed by atoms with van der Waals surface area (Å²) in [5.74, 6) is 1.70. The Hall–Kier alpha value is -2.53. The first-order chi connectivity index (χ1) is 13.0. The third-order valence-electron chi connectivity index (χ3n) is 6.58. The van der Waals surface area contributed by atoms with Crippen LogP contribution in [0.1, 0.15) is 35.7 Å². The number of aliphatic hydroxyl groups is 1. The minimum atomic E-state index is -0.449. The lowest BCUT2D eigenvalue weighted by molar-refractivity contribution is 0.0631. The smallest absolute Gasteiger partial charge is 0.227 e. The number of allylic oxidation sites excluding steroid dienone is 1. The molecule has 1 aliphatic heterocycles. The van der Waals surface area contributed by atoms with Crippen molar-refractivity contribution in [3.63, 3.8) is 0 Å². The lowest BCUT2D eigenvalue weighted by atomic mass is 9.59. The van der Waals surface area contributed by atoms with Gasteiger partial charge in [-0.15, -0.1) is 0 Å². The Morgan fingerprint density at radius 3 is 2.48 bits per heavy atom. The molecule has 0 radical (unpaired) electrons. The van der Waals surface area contributed by atoms with Crippen molar-refractivity contribution >= 4 is 16.6 Å². The van der Waals surface area contributed by atoms with Crippen LogP contribution in [0.4, 0.5) is 0 Å². The molecule has 2 aromatic rings. The fourth-order valence-corrected chi connectivity index (χ4v) is 5.17. The number of ether oxygens (including phenoxy) is 3. The quantitative estimate of drug-likeness (QED) is 0.821. The van der Waals surface area contributed by atoms with Gasteiger partial charge in [0.2, 0.25) is 5.78 Å². The predicted molar refractivity (Wildman–Crippen MR) is 100 cm³/mol. The van der Waals surface area contributed by atoms with Gasteiger partial charge < -0.3 is 19.3 Å². The topological polar surface area (TPSA) is 65.0 Å². The van der Waals surface area contributed by atoms with Gasteiger partial charge in [0, 0.05) is 27.7 Å². The van der Waals surface area contributed by atoms with Gasteiger partial charge in [-0.3, -0.25) is 4.79 Å². The molecule has 27 heavy (non-hydrogen) atoms. The Labute approximate surface area is 157 Å². The molecule has 1 fully saturated rings. The number of methoxy groups -OCH3 is 2. The van der Waals surface area contributed by atoms with Crippen LogP contribution in [-0.4, -0.2) is 37.8 Å². The first-order valence-electron chi connectivity index (χ1n) is 9.29. The molecule has 2 aliphatic carbocycles. The number of Topliss-reactive ketones (excluding diaryl/α,β-unsaturated/α-hetero) is 1. The summed E-state index contributed by atoms with van der Waals surface area (Å²) >= 11 is 0. The van der Waals surface area contributed by atoms with Crippen LogP contribution in [-0.2, 0) is 10.2 Å². The number of benzene rings is 2. The minimum absolute atomic E-state index is 0.0964. The van der Waals surface area contributed by atoms with Gasteiger partial charge in [0.15, 0.2) is 5.76 Å². The standard InChI is InChI=1S/C22H22O5/c1-22-7-6-16(23)14-10-27-21(19(14)22)20(24)13-8-11-12(9-15(13)22)18(26-3)5-4-17(11)25-2/h4-5,8-9,14,16,23H,6-7,10H2,1-3H3/t14-,16-,22-/m0/s1/i24+2,27+2. The molecule has 5 nitrogen and oxygen atoms in total. The van der Waals surface area contributed by atoms with Crippen molar-refractivity contribution in [2.45, 2.75) is 31.3 Å². The van der Waals surface area contributed by atoms with Crippen molar-refractivity contribution in [1.82, 2.24) is 0 Å². The van der Waals surface area contributed by atoms with E-state index in [1.165, 1.54) is 0 Å². The number of ketones is 1. The summed E-state index contributed by atoms with van der Waals surface area (Å²) in [5, 5.41) is 12.2. The number of hydrogen-bond acceptors (Lipinski definition) is 5. The van der Waals surface area contributed by atoms with Crippen LogP contribution in [0.15, 0.2) is 35.6 Å². The van der Waals surface area contributed by atoms with E-state index in [2.05, 4.69) is 13.0 Å². The number of aliphatic hydroxyl groups excluding tert-OH is 1. The van der Waals surface area contributed by atoms with Crippen molar-refractivity contribution in [3.05, 3.63) is 46.7 Å². The summed E-state index contributed by atoms with van der Waals surface area (Å²) in [7, 11) is 3.27. The molecule has 0 aromatic heterocycles. The van der Waals surface area contributed by atoms with Crippen molar-refractivity contribution in [2.75, 3.05) is 20.8 Å². The zero-order chi connectivity index (χ0) is 18.9. The van der Waals surface area contributed by atoms with Crippen LogP contribution in [0.5, 0.6) is 11.5 Å². The van der Waals surface area contributed by atoms with Crippen LogP contribution in [0, 0.1) is 5.92 Å². The molecule has 1 heterocycles. The molecule has 140 valence electrons. The second kappa shape index (κ2) is 5.49. The van der Waals surface area contributed by atoms with E-state index in [4.69, 9.17) is 14.2 Å². The summed E-state index contributed by atoms with van der Waals surface area (Å²) in [6, 6.07) is 7.72. The zero-order valence-corrected chi connectivity index (χ0v) is 15.7. The molecule has 5 heteroatoms. The Balaban J connectivity index is 1.83. The second-order valence-electron chi connectivity index (χ2n) is 7.84. The molecule has 0 spiro atoms. The van der Waals surface area contributed by atoms with Crippen LogP contribution < -0.4 is 9.47 Å². The molecular formula is C22H22O5. The van der Waals surface area contributed by atoms with Gasteiger partial charge in [-0.2, -0.15) is 0 Å². The zero-order valence-electron chi connectivity index (χ0n) is 15.7. The monoisotopic (exact) mass is 370 g/mol. The normalized spacial score (nSPS) is 28.7. The summed E-state index contributed by atoms with van der Waals surface area (Å²) in [5.41, 5.74) is 2.31. The van der Waals surface area contributed by atoms with Crippen LogP contribution >= 0.6 is 0 Å². The highest BCUT2D eigenvalue weighted by molar-refractivity contribution is 6.14. The summed E-state index contributed by atoms with van der Waals surface area (Å²) in [6.07, 6.45) is 1.03. The SMILES string of the molecule is COc1ccc(OC)c2cc3c(cc12)C(=[18O])C1=C2[C@@H](C[18O]1)[C@@H](O)CC[C@]23C. The molecule has 0 amide bonds. The molecule has 5 rings (SSSR count). The molecule has 2 aromatic carbocycles. The van der Waals surface area contributed by atoms with E-state index in [0.29, 0.717) is 30.1 Å². The van der Waals surface area contributed by atoms with Crippen LogP contribution in [0.2, 0.25) is 0 Å². The summed E-state index contributed by atoms with van der Waals surface area (Å²) < 4.78 is 16.9. The largest absolute Gasteiger partial charge is 0.496 e. The minimum Gasteiger partial charge on any atom is -0.496 e. The molecule has 3 atom stereocenters. The Kier molecular flexibility index (Phi) is 3.38. The van der Waals surface area contributed by atoms with E-state index < -0.39 is 6.10 Å². The van der Waals surface area contributed by atoms with Crippen molar-refractivity contribution in [3.8, 4) is 11.5 Å². The Bertz CT molecular complexity index is 1020. The number of carbonyl (C=O) groups excluding carboxylic acids is 1. The lowest BCUT2D eigenvalue weighted by Gasteiger charge is -2.43. The fraction of sp³-hybridized carbons (Fsp3) is 0.409. The first-order valence-corrected chi connectivity index (χ1v) is 9.29. The van der Waals surface area contributed by atoms with Crippen molar-refractivity contribution in [2.24, 2.45) is 5.92 Å². The molecule has 0 unspecified atom stereocenters. The average molecular weight is 370 g/mol. The molecule has 3 aliphatic rings. The number of rotatable bonds is 2. The Morgan fingerprint density at radius 2 is 1.81 bits per heavy atom. The number of fused-ring (bicyclic) bond motifs is 3. The van der Waals surface area contributed by atoms with Gasteiger partial charge in [-0.1, -0.05) is 6.92 Å². The Morgan fingerprint density at radius 1 is 1.15 bits per heavy atom. The maximum Gasteiger partial charge on any atom is 0.227 e. The highest BCUT2D eigenvalue weighted by Gasteiger charge is 2.53. The highest BCUT2D eigenvalue weighted by Crippen LogP contribution is 2.55. The van der Waals surface area contributed by atoms with E-state index in [0.717, 1.165) is 34.1 Å². The van der Waals surface area contributed by atoms with Gasteiger partial charge in [0.05, 0.1) is 26.9 Å². The van der Waals surface area contributed by atoms with Gasteiger partial charge in [0.25, 0.3) is 0 Å². The van der Waals surface area contributed by atoms with E-state index in [1.54, 1.807) is 14.2 Å². The van der Waals surface area contributed by atoms with Crippen LogP contribution in [0.25, 0.3) is 10.8 Å². The molecule has 0 bridgehead atoms. The fourth-order valence-electron chi connectivity index (χ4n) is 5.17. The molecule has 1 saturated carbocycles. The highest BCUT2D eigenvalue weighted by atomic mass is 18.3. The lowest BCUT2D eigenvalue weighted by Crippen LogP contribution is -2.43. The second-order valence-corrected chi connectivity index (χ2v) is 7.84. The first kappa shape index (κ1) is 16.6. The van der Waals surface area contributed by atoms with Gasteiger partial charge in [-0.05, 0) is 48.2 Å². The predicted octanol–water partition coefficient (Wildman–Crippen LogP) is 3.37. The van der Waals surface area contributed by atoms with Crippen molar-refractivity contribution < 1.29 is 24.1 Å². The van der Waals surface area contributed by atoms with E-state index >= 15 is 0 Å². The van der Waals surface area contributed by atoms with Crippen molar-refractivity contribution in [1.29, 1.82) is 0 Å². The summed E-state index contributed by atoms with van der Waals surface area (Å²) in [4.78, 5) is 13.2. The maximum absolute atomic E-state index is 13.2. The third-order valence-corrected chi connectivity index (χ3v) is 6.58. The summed E-state index contributed by atoms with van der Waals surface area (Å²) in [6.45, 7) is 2.55. The number of hydrogen-bond donors (Lipinski definition) is 1. The van der Waals surface area contributed by atoms with Gasteiger partial charge >= 0.3 is 0 Å². The average Bonchev–Trinajstić information content (AvgIpc) is 3.15. The molecular weight excluding hydrogens is 348 g/mol. The van der Waals surface area contributed by atoms with E-state index in [-0.39, 0.29) is 17.1 Å². The number of carbonyl (C=O) groups is 1. The molecule has 0 saturated heterocycles. The molecule has 1 N–H and O–H groups in total. The van der Waals surface area contributed by atoms with Gasteiger partial charge in [-0.25, -0.2) is 0 Å². The van der Waals surface area contributed by atoms with E-state index in [9.17, 15) is 9.90 Å². The van der Waals surface area contributed by atoms with Crippen LogP contribution in [0.3, 0.4) is 0 Å². The van der Waals surface area contributed by atoms with E-state index in [1.807, 2.05) is 18.2 Å².